The van der Waals surface area contributed by atoms with E-state index in [2.05, 4.69) is 41.9 Å². The molecule has 0 aromatic heterocycles. The fraction of sp³-hybridized carbons (Fsp3) is 0.292. The van der Waals surface area contributed by atoms with Gasteiger partial charge in [0.25, 0.3) is 0 Å². The van der Waals surface area contributed by atoms with Gasteiger partial charge in [-0.25, -0.2) is 4.99 Å². The van der Waals surface area contributed by atoms with Gasteiger partial charge in [-0.05, 0) is 78.1 Å². The van der Waals surface area contributed by atoms with Crippen LogP contribution in [0.5, 0.6) is 11.5 Å². The summed E-state index contributed by atoms with van der Waals surface area (Å²) in [4.78, 5) is 5.00. The minimum Gasteiger partial charge on any atom is -0.497 e. The maximum absolute atomic E-state index is 5.32. The molecule has 1 atom stereocenters. The van der Waals surface area contributed by atoms with E-state index in [1.165, 1.54) is 28.0 Å². The van der Waals surface area contributed by atoms with Gasteiger partial charge < -0.3 is 14.8 Å². The van der Waals surface area contributed by atoms with Crippen molar-refractivity contribution < 1.29 is 9.47 Å². The molecule has 1 N–H and O–H groups in total. The van der Waals surface area contributed by atoms with E-state index in [4.69, 9.17) is 14.5 Å². The van der Waals surface area contributed by atoms with Crippen LogP contribution in [0.25, 0.3) is 6.08 Å². The fourth-order valence-electron chi connectivity index (χ4n) is 3.91. The third-order valence-corrected chi connectivity index (χ3v) is 6.02. The van der Waals surface area contributed by atoms with Crippen molar-refractivity contribution >= 4 is 23.0 Å². The molecule has 1 unspecified atom stereocenters. The Morgan fingerprint density at radius 1 is 0.966 bits per heavy atom. The van der Waals surface area contributed by atoms with Crippen LogP contribution in [0.1, 0.15) is 36.4 Å². The minimum atomic E-state index is 0.0548. The quantitative estimate of drug-likeness (QED) is 0.719. The predicted octanol–water partition coefficient (Wildman–Crippen LogP) is 5.59. The highest BCUT2D eigenvalue weighted by Gasteiger charge is 2.29. The number of hydrogen-bond donors (Lipinski definition) is 1. The van der Waals surface area contributed by atoms with Crippen LogP contribution in [0.4, 0.5) is 0 Å². The number of allylic oxidation sites excluding steroid dienone is 1. The van der Waals surface area contributed by atoms with Crippen molar-refractivity contribution in [2.24, 2.45) is 4.99 Å². The number of rotatable bonds is 4. The molecular formula is C24H26N2O2S. The molecule has 4 rings (SSSR count). The van der Waals surface area contributed by atoms with Gasteiger partial charge in [0.1, 0.15) is 17.5 Å². The molecule has 5 heteroatoms. The smallest absolute Gasteiger partial charge is 0.161 e. The summed E-state index contributed by atoms with van der Waals surface area (Å²) in [5, 5.41) is 4.56. The van der Waals surface area contributed by atoms with Gasteiger partial charge in [0.15, 0.2) is 5.17 Å². The van der Waals surface area contributed by atoms with Crippen molar-refractivity contribution in [3.8, 4) is 11.5 Å². The number of nitrogens with one attached hydrogen (secondary N) is 1. The number of amidine groups is 1. The Hall–Kier alpha value is -2.66. The molecule has 1 aliphatic heterocycles. The lowest BCUT2D eigenvalue weighted by molar-refractivity contribution is 0.414. The Labute approximate surface area is 176 Å². The highest BCUT2D eigenvalue weighted by atomic mass is 32.2. The van der Waals surface area contributed by atoms with E-state index in [1.807, 2.05) is 24.3 Å². The molecule has 0 fully saturated rings. The zero-order valence-electron chi connectivity index (χ0n) is 17.1. The Kier molecular flexibility index (Phi) is 5.95. The molecule has 0 saturated heterocycles. The maximum atomic E-state index is 5.32. The zero-order valence-corrected chi connectivity index (χ0v) is 17.9. The fourth-order valence-corrected chi connectivity index (χ4v) is 4.32. The summed E-state index contributed by atoms with van der Waals surface area (Å²) < 4.78 is 10.6. The molecule has 0 saturated carbocycles. The minimum absolute atomic E-state index is 0.0548. The van der Waals surface area contributed by atoms with Crippen molar-refractivity contribution in [3.05, 3.63) is 76.5 Å². The standard InChI is InChI=1S/C24H26N2O2S/c1-27-19-11-7-16(8-12-19)15-18-5-4-6-21-22(25-24(29-3)26-23(18)21)17-9-13-20(28-2)14-10-17/h7-15,22H,4-6H2,1-3H3,(H,25,26). The van der Waals surface area contributed by atoms with Crippen LogP contribution in [0.15, 0.2) is 70.4 Å². The Balaban J connectivity index is 1.72. The third kappa shape index (κ3) is 4.20. The van der Waals surface area contributed by atoms with E-state index in [-0.39, 0.29) is 6.04 Å². The first-order chi connectivity index (χ1) is 14.2. The van der Waals surface area contributed by atoms with Gasteiger partial charge in [0, 0.05) is 5.70 Å². The normalized spacial score (nSPS) is 20.0. The van der Waals surface area contributed by atoms with Gasteiger partial charge >= 0.3 is 0 Å². The molecule has 0 bridgehead atoms. The molecule has 1 aliphatic carbocycles. The van der Waals surface area contributed by atoms with E-state index in [0.29, 0.717) is 0 Å². The van der Waals surface area contributed by atoms with Crippen molar-refractivity contribution in [2.75, 3.05) is 20.5 Å². The molecule has 0 spiro atoms. The summed E-state index contributed by atoms with van der Waals surface area (Å²) in [6.45, 7) is 0. The Bertz CT molecular complexity index is 959. The lowest BCUT2D eigenvalue weighted by Crippen LogP contribution is -2.30. The van der Waals surface area contributed by atoms with Crippen LogP contribution in [-0.4, -0.2) is 25.6 Å². The average molecular weight is 407 g/mol. The molecule has 4 nitrogen and oxygen atoms in total. The largest absolute Gasteiger partial charge is 0.497 e. The summed E-state index contributed by atoms with van der Waals surface area (Å²) >= 11 is 1.66. The number of nitrogens with zero attached hydrogens (tertiary/aromatic N) is 1. The molecule has 1 heterocycles. The summed E-state index contributed by atoms with van der Waals surface area (Å²) in [7, 11) is 3.39. The summed E-state index contributed by atoms with van der Waals surface area (Å²) in [6, 6.07) is 16.6. The van der Waals surface area contributed by atoms with E-state index in [0.717, 1.165) is 35.9 Å². The van der Waals surface area contributed by atoms with Crippen LogP contribution in [0.3, 0.4) is 0 Å². The molecule has 2 aliphatic rings. The highest BCUT2D eigenvalue weighted by Crippen LogP contribution is 2.41. The van der Waals surface area contributed by atoms with Gasteiger partial charge in [0.05, 0.1) is 14.2 Å². The molecule has 29 heavy (non-hydrogen) atoms. The van der Waals surface area contributed by atoms with E-state index >= 15 is 0 Å². The van der Waals surface area contributed by atoms with Gasteiger partial charge in [-0.2, -0.15) is 0 Å². The van der Waals surface area contributed by atoms with Crippen molar-refractivity contribution in [3.63, 3.8) is 0 Å². The molecule has 150 valence electrons. The van der Waals surface area contributed by atoms with Crippen molar-refractivity contribution in [1.29, 1.82) is 0 Å². The number of methoxy groups -OCH3 is 2. The first-order valence-corrected chi connectivity index (χ1v) is 11.0. The van der Waals surface area contributed by atoms with Crippen LogP contribution in [-0.2, 0) is 0 Å². The molecule has 0 radical (unpaired) electrons. The van der Waals surface area contributed by atoms with Gasteiger partial charge in [0.2, 0.25) is 0 Å². The zero-order chi connectivity index (χ0) is 20.2. The van der Waals surface area contributed by atoms with Crippen molar-refractivity contribution in [2.45, 2.75) is 25.3 Å². The van der Waals surface area contributed by atoms with Crippen LogP contribution >= 0.6 is 11.8 Å². The maximum Gasteiger partial charge on any atom is 0.161 e. The monoisotopic (exact) mass is 406 g/mol. The second-order valence-electron chi connectivity index (χ2n) is 7.14. The predicted molar refractivity (Wildman–Crippen MR) is 122 cm³/mol. The van der Waals surface area contributed by atoms with Crippen LogP contribution < -0.4 is 14.8 Å². The number of hydrogen-bond acceptors (Lipinski definition) is 5. The molecule has 2 aromatic rings. The molecular weight excluding hydrogens is 380 g/mol. The van der Waals surface area contributed by atoms with Crippen LogP contribution in [0, 0.1) is 0 Å². The topological polar surface area (TPSA) is 42.8 Å². The summed E-state index contributed by atoms with van der Waals surface area (Å²) in [6.07, 6.45) is 7.62. The van der Waals surface area contributed by atoms with Crippen molar-refractivity contribution in [1.82, 2.24) is 5.32 Å². The summed E-state index contributed by atoms with van der Waals surface area (Å²) in [5.41, 5.74) is 6.35. The SMILES string of the molecule is COc1ccc(C=C2CCCC3=C2NC(SC)=NC3c2ccc(OC)cc2)cc1. The van der Waals surface area contributed by atoms with E-state index in [1.54, 1.807) is 26.0 Å². The molecule has 0 amide bonds. The van der Waals surface area contributed by atoms with E-state index in [9.17, 15) is 0 Å². The number of ether oxygens (including phenoxy) is 2. The van der Waals surface area contributed by atoms with Crippen LogP contribution in [0.2, 0.25) is 0 Å². The highest BCUT2D eigenvalue weighted by molar-refractivity contribution is 8.13. The van der Waals surface area contributed by atoms with Gasteiger partial charge in [-0.15, -0.1) is 0 Å². The summed E-state index contributed by atoms with van der Waals surface area (Å²) in [5.74, 6) is 1.75. The second kappa shape index (κ2) is 8.78. The third-order valence-electron chi connectivity index (χ3n) is 5.42. The van der Waals surface area contributed by atoms with E-state index < -0.39 is 0 Å². The number of thioether (sulfide) groups is 1. The number of benzene rings is 2. The Morgan fingerprint density at radius 3 is 2.24 bits per heavy atom. The first-order valence-electron chi connectivity index (χ1n) is 9.82. The first kappa shape index (κ1) is 19.6. The number of aliphatic imine (C=N–C) groups is 1. The lowest BCUT2D eigenvalue weighted by Gasteiger charge is -2.32. The van der Waals surface area contributed by atoms with Gasteiger partial charge in [-0.1, -0.05) is 36.0 Å². The second-order valence-corrected chi connectivity index (χ2v) is 7.93. The average Bonchev–Trinajstić information content (AvgIpc) is 2.79. The van der Waals surface area contributed by atoms with Gasteiger partial charge in [-0.3, -0.25) is 0 Å². The lowest BCUT2D eigenvalue weighted by atomic mass is 9.84. The molecule has 2 aromatic carbocycles. The Morgan fingerprint density at radius 2 is 1.62 bits per heavy atom.